The fourth-order valence-corrected chi connectivity index (χ4v) is 1.16. The van der Waals surface area contributed by atoms with Gasteiger partial charge >= 0.3 is 0 Å². The largest absolute Gasteiger partial charge is 0.348 e. The molecule has 0 atom stereocenters. The van der Waals surface area contributed by atoms with Gasteiger partial charge in [0, 0.05) is 12.2 Å². The van der Waals surface area contributed by atoms with E-state index >= 15 is 0 Å². The van der Waals surface area contributed by atoms with Gasteiger partial charge < -0.3 is 10.6 Å². The van der Waals surface area contributed by atoms with Crippen LogP contribution < -0.4 is 10.6 Å². The molecule has 0 saturated carbocycles. The van der Waals surface area contributed by atoms with Crippen molar-refractivity contribution < 1.29 is 0 Å². The molecular weight excluding hydrogens is 216 g/mol. The van der Waals surface area contributed by atoms with Gasteiger partial charge in [0.25, 0.3) is 11.9 Å². The van der Waals surface area contributed by atoms with Gasteiger partial charge in [0.1, 0.15) is 0 Å². The smallest absolute Gasteiger partial charge is 0.266 e. The zero-order valence-electron chi connectivity index (χ0n) is 9.17. The first kappa shape index (κ1) is 11.0. The fraction of sp³-hybridized carbons (Fsp3) is 0.0909. The summed E-state index contributed by atoms with van der Waals surface area (Å²) in [6.45, 7) is 4.16. The van der Waals surface area contributed by atoms with Crippen LogP contribution in [0.5, 0.6) is 0 Å². The van der Waals surface area contributed by atoms with Crippen LogP contribution in [-0.4, -0.2) is 26.9 Å². The van der Waals surface area contributed by atoms with Crippen molar-refractivity contribution in [3.63, 3.8) is 0 Å². The molecule has 0 unspecified atom stereocenters. The van der Waals surface area contributed by atoms with Gasteiger partial charge in [0.2, 0.25) is 0 Å². The van der Waals surface area contributed by atoms with E-state index in [1.54, 1.807) is 6.08 Å². The first-order valence-electron chi connectivity index (χ1n) is 5.13. The predicted octanol–water partition coefficient (Wildman–Crippen LogP) is 1.61. The maximum Gasteiger partial charge on any atom is 0.266 e. The molecule has 2 rings (SSSR count). The second kappa shape index (κ2) is 5.55. The third-order valence-corrected chi connectivity index (χ3v) is 1.91. The molecule has 1 aromatic heterocycles. The molecule has 86 valence electrons. The standard InChI is InChI=1S/C11H12N6/c1-2-8-12-10-14-16-11(17-15-10)13-9-6-4-3-5-7-9/h2-7H,1,8H2,(H,12,14,15)(H,13,16,17). The molecule has 0 aliphatic carbocycles. The summed E-state index contributed by atoms with van der Waals surface area (Å²) in [6.07, 6.45) is 1.71. The number of hydrogen-bond acceptors (Lipinski definition) is 6. The molecule has 0 radical (unpaired) electrons. The molecule has 0 aliphatic heterocycles. The van der Waals surface area contributed by atoms with E-state index in [2.05, 4.69) is 37.6 Å². The SMILES string of the molecule is C=CCNc1nnc(Nc2ccccc2)nn1. The number of rotatable bonds is 5. The molecule has 6 nitrogen and oxygen atoms in total. The maximum atomic E-state index is 3.90. The Morgan fingerprint density at radius 3 is 2.29 bits per heavy atom. The number of nitrogens with one attached hydrogen (secondary N) is 2. The zero-order valence-corrected chi connectivity index (χ0v) is 9.17. The first-order chi connectivity index (χ1) is 8.38. The van der Waals surface area contributed by atoms with Gasteiger partial charge in [-0.25, -0.2) is 0 Å². The highest BCUT2D eigenvalue weighted by Gasteiger charge is 2.00. The van der Waals surface area contributed by atoms with Crippen molar-refractivity contribution in [1.29, 1.82) is 0 Å². The highest BCUT2D eigenvalue weighted by atomic mass is 15.4. The second-order valence-electron chi connectivity index (χ2n) is 3.21. The van der Waals surface area contributed by atoms with E-state index in [0.717, 1.165) is 5.69 Å². The lowest BCUT2D eigenvalue weighted by molar-refractivity contribution is 0.868. The third-order valence-electron chi connectivity index (χ3n) is 1.91. The Balaban J connectivity index is 2.01. The molecule has 0 spiro atoms. The summed E-state index contributed by atoms with van der Waals surface area (Å²) in [6, 6.07) is 9.59. The summed E-state index contributed by atoms with van der Waals surface area (Å²) in [7, 11) is 0. The molecule has 6 heteroatoms. The summed E-state index contributed by atoms with van der Waals surface area (Å²) in [4.78, 5) is 0. The van der Waals surface area contributed by atoms with Crippen LogP contribution in [0.15, 0.2) is 43.0 Å². The third kappa shape index (κ3) is 3.23. The number of anilines is 3. The molecule has 2 aromatic rings. The Hall–Kier alpha value is -2.50. The number of hydrogen-bond donors (Lipinski definition) is 2. The van der Waals surface area contributed by atoms with E-state index in [1.165, 1.54) is 0 Å². The molecule has 0 fully saturated rings. The summed E-state index contributed by atoms with van der Waals surface area (Å²) in [5, 5.41) is 21.4. The van der Waals surface area contributed by atoms with Crippen LogP contribution in [0, 0.1) is 0 Å². The predicted molar refractivity (Wildman–Crippen MR) is 66.0 cm³/mol. The Kier molecular flexibility index (Phi) is 3.59. The van der Waals surface area contributed by atoms with Gasteiger partial charge in [-0.2, -0.15) is 0 Å². The fourth-order valence-electron chi connectivity index (χ4n) is 1.16. The van der Waals surface area contributed by atoms with Crippen molar-refractivity contribution in [2.75, 3.05) is 17.2 Å². The van der Waals surface area contributed by atoms with Gasteiger partial charge in [-0.1, -0.05) is 24.3 Å². The van der Waals surface area contributed by atoms with Crippen LogP contribution in [0.3, 0.4) is 0 Å². The molecule has 0 saturated heterocycles. The van der Waals surface area contributed by atoms with Gasteiger partial charge in [-0.3, -0.25) is 0 Å². The Labute approximate surface area is 98.8 Å². The van der Waals surface area contributed by atoms with Gasteiger partial charge in [0.05, 0.1) is 0 Å². The molecule has 2 N–H and O–H groups in total. The van der Waals surface area contributed by atoms with Crippen molar-refractivity contribution in [3.05, 3.63) is 43.0 Å². The molecule has 1 heterocycles. The van der Waals surface area contributed by atoms with Crippen LogP contribution in [0.4, 0.5) is 17.6 Å². The molecule has 1 aromatic carbocycles. The molecule has 0 aliphatic rings. The van der Waals surface area contributed by atoms with E-state index in [1.807, 2.05) is 30.3 Å². The normalized spacial score (nSPS) is 9.65. The molecule has 17 heavy (non-hydrogen) atoms. The van der Waals surface area contributed by atoms with Crippen LogP contribution in [-0.2, 0) is 0 Å². The quantitative estimate of drug-likeness (QED) is 0.757. The summed E-state index contributed by atoms with van der Waals surface area (Å²) < 4.78 is 0. The Bertz CT molecular complexity index is 467. The van der Waals surface area contributed by atoms with Gasteiger partial charge in [-0.05, 0) is 12.1 Å². The second-order valence-corrected chi connectivity index (χ2v) is 3.21. The van der Waals surface area contributed by atoms with E-state index in [9.17, 15) is 0 Å². The van der Waals surface area contributed by atoms with Crippen LogP contribution in [0.25, 0.3) is 0 Å². The summed E-state index contributed by atoms with van der Waals surface area (Å²) >= 11 is 0. The van der Waals surface area contributed by atoms with Crippen molar-refractivity contribution >= 4 is 17.6 Å². The molecule has 0 bridgehead atoms. The van der Waals surface area contributed by atoms with Crippen LogP contribution in [0.2, 0.25) is 0 Å². The van der Waals surface area contributed by atoms with Crippen molar-refractivity contribution in [1.82, 2.24) is 20.4 Å². The lowest BCUT2D eigenvalue weighted by atomic mass is 10.3. The summed E-state index contributed by atoms with van der Waals surface area (Å²) in [5.74, 6) is 0.740. The zero-order chi connectivity index (χ0) is 11.9. The number of para-hydroxylation sites is 1. The van der Waals surface area contributed by atoms with Gasteiger partial charge in [0.15, 0.2) is 0 Å². The Morgan fingerprint density at radius 1 is 1.00 bits per heavy atom. The average Bonchev–Trinajstić information content (AvgIpc) is 2.39. The van der Waals surface area contributed by atoms with Crippen molar-refractivity contribution in [2.45, 2.75) is 0 Å². The van der Waals surface area contributed by atoms with E-state index in [4.69, 9.17) is 0 Å². The highest BCUT2D eigenvalue weighted by Crippen LogP contribution is 2.09. The van der Waals surface area contributed by atoms with E-state index in [-0.39, 0.29) is 0 Å². The van der Waals surface area contributed by atoms with Crippen molar-refractivity contribution in [3.8, 4) is 0 Å². The first-order valence-corrected chi connectivity index (χ1v) is 5.13. The highest BCUT2D eigenvalue weighted by molar-refractivity contribution is 5.51. The molecule has 0 amide bonds. The van der Waals surface area contributed by atoms with E-state index in [0.29, 0.717) is 18.4 Å². The molecular formula is C11H12N6. The van der Waals surface area contributed by atoms with E-state index < -0.39 is 0 Å². The van der Waals surface area contributed by atoms with Gasteiger partial charge in [-0.15, -0.1) is 27.0 Å². The lowest BCUT2D eigenvalue weighted by Crippen LogP contribution is -2.07. The topological polar surface area (TPSA) is 75.6 Å². The number of aromatic nitrogens is 4. The maximum absolute atomic E-state index is 3.90. The Morgan fingerprint density at radius 2 is 1.65 bits per heavy atom. The van der Waals surface area contributed by atoms with Crippen molar-refractivity contribution in [2.24, 2.45) is 0 Å². The number of nitrogens with zero attached hydrogens (tertiary/aromatic N) is 4. The monoisotopic (exact) mass is 228 g/mol. The van der Waals surface area contributed by atoms with Crippen LogP contribution >= 0.6 is 0 Å². The minimum absolute atomic E-state index is 0.361. The van der Waals surface area contributed by atoms with Crippen LogP contribution in [0.1, 0.15) is 0 Å². The number of benzene rings is 1. The lowest BCUT2D eigenvalue weighted by Gasteiger charge is -2.03. The minimum atomic E-state index is 0.361. The summed E-state index contributed by atoms with van der Waals surface area (Å²) in [5.41, 5.74) is 0.892. The minimum Gasteiger partial charge on any atom is -0.348 e. The average molecular weight is 228 g/mol.